The van der Waals surface area contributed by atoms with Crippen LogP contribution in [0.5, 0.6) is 5.75 Å². The SMILES string of the molecule is Cc1nccc2cc(-c3ccc(OC4CCN(C(=O)C5CCCO5)CC4)cc3)ccc12. The van der Waals surface area contributed by atoms with Gasteiger partial charge in [0, 0.05) is 49.8 Å². The van der Waals surface area contributed by atoms with Gasteiger partial charge >= 0.3 is 0 Å². The number of likely N-dealkylation sites (tertiary alicyclic amines) is 1. The molecule has 31 heavy (non-hydrogen) atoms. The highest BCUT2D eigenvalue weighted by Crippen LogP contribution is 2.28. The van der Waals surface area contributed by atoms with Gasteiger partial charge in [0.2, 0.25) is 0 Å². The molecule has 5 heteroatoms. The first-order chi connectivity index (χ1) is 15.2. The Morgan fingerprint density at radius 3 is 2.55 bits per heavy atom. The van der Waals surface area contributed by atoms with Crippen molar-refractivity contribution >= 4 is 16.7 Å². The maximum atomic E-state index is 12.5. The van der Waals surface area contributed by atoms with Crippen LogP contribution < -0.4 is 4.74 Å². The van der Waals surface area contributed by atoms with E-state index < -0.39 is 0 Å². The highest BCUT2D eigenvalue weighted by molar-refractivity contribution is 5.88. The molecule has 0 aliphatic carbocycles. The Hall–Kier alpha value is -2.92. The van der Waals surface area contributed by atoms with Crippen LogP contribution in [0.15, 0.2) is 54.7 Å². The number of ether oxygens (including phenoxy) is 2. The van der Waals surface area contributed by atoms with Crippen molar-refractivity contribution in [1.29, 1.82) is 0 Å². The quantitative estimate of drug-likeness (QED) is 0.615. The Balaban J connectivity index is 1.20. The first-order valence-electron chi connectivity index (χ1n) is 11.2. The fraction of sp³-hybridized carbons (Fsp3) is 0.385. The predicted octanol–water partition coefficient (Wildman–Crippen LogP) is 4.76. The average Bonchev–Trinajstić information content (AvgIpc) is 3.35. The minimum absolute atomic E-state index is 0.149. The van der Waals surface area contributed by atoms with Gasteiger partial charge in [-0.15, -0.1) is 0 Å². The topological polar surface area (TPSA) is 51.7 Å². The van der Waals surface area contributed by atoms with E-state index in [0.717, 1.165) is 50.2 Å². The van der Waals surface area contributed by atoms with Crippen molar-refractivity contribution in [2.45, 2.75) is 44.8 Å². The number of carbonyl (C=O) groups excluding carboxylic acids is 1. The molecule has 0 N–H and O–H groups in total. The second kappa shape index (κ2) is 8.67. The van der Waals surface area contributed by atoms with E-state index in [-0.39, 0.29) is 18.1 Å². The fourth-order valence-electron chi connectivity index (χ4n) is 4.60. The molecular formula is C26H28N2O3. The molecule has 1 atom stereocenters. The standard InChI is InChI=1S/C26H28N2O3/c1-18-24-9-6-20(17-21(24)10-13-27-18)19-4-7-22(8-5-19)31-23-11-14-28(15-12-23)26(29)25-3-2-16-30-25/h4-10,13,17,23,25H,2-3,11-12,14-16H2,1H3. The van der Waals surface area contributed by atoms with Gasteiger partial charge in [0.15, 0.2) is 0 Å². The summed E-state index contributed by atoms with van der Waals surface area (Å²) >= 11 is 0. The highest BCUT2D eigenvalue weighted by Gasteiger charge is 2.31. The molecule has 1 aromatic heterocycles. The summed E-state index contributed by atoms with van der Waals surface area (Å²) in [6.07, 6.45) is 5.35. The molecular weight excluding hydrogens is 388 g/mol. The second-order valence-electron chi connectivity index (χ2n) is 8.50. The number of pyridine rings is 1. The Morgan fingerprint density at radius 2 is 1.81 bits per heavy atom. The molecule has 0 radical (unpaired) electrons. The summed E-state index contributed by atoms with van der Waals surface area (Å²) in [4.78, 5) is 18.8. The minimum Gasteiger partial charge on any atom is -0.490 e. The lowest BCUT2D eigenvalue weighted by Gasteiger charge is -2.33. The molecule has 5 rings (SSSR count). The third-order valence-corrected chi connectivity index (χ3v) is 6.41. The van der Waals surface area contributed by atoms with E-state index in [0.29, 0.717) is 6.61 Å². The Morgan fingerprint density at radius 1 is 1.03 bits per heavy atom. The van der Waals surface area contributed by atoms with Crippen LogP contribution in [-0.4, -0.2) is 47.7 Å². The van der Waals surface area contributed by atoms with Gasteiger partial charge in [0.25, 0.3) is 5.91 Å². The number of rotatable bonds is 4. The van der Waals surface area contributed by atoms with Gasteiger partial charge in [-0.1, -0.05) is 24.3 Å². The first kappa shape index (κ1) is 20.0. The van der Waals surface area contributed by atoms with Crippen molar-refractivity contribution in [3.05, 3.63) is 60.4 Å². The number of aromatic nitrogens is 1. The molecule has 1 amide bonds. The van der Waals surface area contributed by atoms with E-state index in [9.17, 15) is 4.79 Å². The Bertz CT molecular complexity index is 1070. The summed E-state index contributed by atoms with van der Waals surface area (Å²) in [6, 6.07) is 16.9. The maximum absolute atomic E-state index is 12.5. The Kier molecular flexibility index (Phi) is 5.60. The lowest BCUT2D eigenvalue weighted by atomic mass is 10.0. The van der Waals surface area contributed by atoms with E-state index >= 15 is 0 Å². The van der Waals surface area contributed by atoms with Crippen LogP contribution in [-0.2, 0) is 9.53 Å². The molecule has 1 unspecified atom stereocenters. The summed E-state index contributed by atoms with van der Waals surface area (Å²) < 4.78 is 11.8. The number of hydrogen-bond acceptors (Lipinski definition) is 4. The predicted molar refractivity (Wildman–Crippen MR) is 121 cm³/mol. The van der Waals surface area contributed by atoms with Crippen LogP contribution in [0, 0.1) is 6.92 Å². The zero-order valence-electron chi connectivity index (χ0n) is 17.9. The number of nitrogens with zero attached hydrogens (tertiary/aromatic N) is 2. The summed E-state index contributed by atoms with van der Waals surface area (Å²) in [5, 5.41) is 2.39. The minimum atomic E-state index is -0.222. The van der Waals surface area contributed by atoms with Crippen molar-refractivity contribution in [2.24, 2.45) is 0 Å². The molecule has 2 saturated heterocycles. The number of fused-ring (bicyclic) bond motifs is 1. The molecule has 2 fully saturated rings. The molecule has 2 aliphatic rings. The number of hydrogen-bond donors (Lipinski definition) is 0. The van der Waals surface area contributed by atoms with Gasteiger partial charge in [0.1, 0.15) is 18.0 Å². The number of piperidine rings is 1. The maximum Gasteiger partial charge on any atom is 0.251 e. The summed E-state index contributed by atoms with van der Waals surface area (Å²) in [5.41, 5.74) is 3.41. The lowest BCUT2D eigenvalue weighted by Crippen LogP contribution is -2.45. The zero-order chi connectivity index (χ0) is 21.2. The van der Waals surface area contributed by atoms with Gasteiger partial charge in [-0.05, 0) is 60.5 Å². The van der Waals surface area contributed by atoms with E-state index in [2.05, 4.69) is 41.4 Å². The summed E-state index contributed by atoms with van der Waals surface area (Å²) in [5.74, 6) is 1.04. The van der Waals surface area contributed by atoms with Crippen LogP contribution in [0.4, 0.5) is 0 Å². The highest BCUT2D eigenvalue weighted by atomic mass is 16.5. The molecule has 3 aromatic rings. The van der Waals surface area contributed by atoms with E-state index in [1.165, 1.54) is 21.9 Å². The lowest BCUT2D eigenvalue weighted by molar-refractivity contribution is -0.142. The number of aryl methyl sites for hydroxylation is 1. The molecule has 0 saturated carbocycles. The van der Waals surface area contributed by atoms with Gasteiger partial charge in [-0.2, -0.15) is 0 Å². The van der Waals surface area contributed by atoms with Gasteiger partial charge < -0.3 is 14.4 Å². The largest absolute Gasteiger partial charge is 0.490 e. The first-order valence-corrected chi connectivity index (χ1v) is 11.2. The van der Waals surface area contributed by atoms with Crippen molar-refractivity contribution in [2.75, 3.05) is 19.7 Å². The third-order valence-electron chi connectivity index (χ3n) is 6.41. The van der Waals surface area contributed by atoms with Crippen molar-refractivity contribution in [1.82, 2.24) is 9.88 Å². The summed E-state index contributed by atoms with van der Waals surface area (Å²) in [7, 11) is 0. The fourth-order valence-corrected chi connectivity index (χ4v) is 4.60. The molecule has 5 nitrogen and oxygen atoms in total. The number of amides is 1. The Labute approximate surface area is 183 Å². The summed E-state index contributed by atoms with van der Waals surface area (Å²) in [6.45, 7) is 4.23. The van der Waals surface area contributed by atoms with Gasteiger partial charge in [0.05, 0.1) is 0 Å². The monoisotopic (exact) mass is 416 g/mol. The molecule has 0 bridgehead atoms. The molecule has 160 valence electrons. The van der Waals surface area contributed by atoms with Crippen LogP contribution in [0.1, 0.15) is 31.4 Å². The van der Waals surface area contributed by atoms with Crippen molar-refractivity contribution in [3.63, 3.8) is 0 Å². The van der Waals surface area contributed by atoms with Crippen molar-refractivity contribution < 1.29 is 14.3 Å². The van der Waals surface area contributed by atoms with Crippen molar-refractivity contribution in [3.8, 4) is 16.9 Å². The van der Waals surface area contributed by atoms with Crippen LogP contribution in [0.25, 0.3) is 21.9 Å². The molecule has 3 heterocycles. The molecule has 2 aliphatic heterocycles. The van der Waals surface area contributed by atoms with Gasteiger partial charge in [-0.25, -0.2) is 0 Å². The zero-order valence-corrected chi connectivity index (χ0v) is 17.9. The molecule has 2 aromatic carbocycles. The van der Waals surface area contributed by atoms with Crippen LogP contribution in [0.2, 0.25) is 0 Å². The van der Waals surface area contributed by atoms with Crippen LogP contribution >= 0.6 is 0 Å². The van der Waals surface area contributed by atoms with Gasteiger partial charge in [-0.3, -0.25) is 9.78 Å². The smallest absolute Gasteiger partial charge is 0.251 e. The number of carbonyl (C=O) groups is 1. The van der Waals surface area contributed by atoms with Crippen LogP contribution in [0.3, 0.4) is 0 Å². The normalized spacial score (nSPS) is 19.6. The third kappa shape index (κ3) is 4.28. The van der Waals surface area contributed by atoms with E-state index in [1.54, 1.807) is 0 Å². The molecule has 0 spiro atoms. The average molecular weight is 417 g/mol. The van der Waals surface area contributed by atoms with E-state index in [1.807, 2.05) is 30.2 Å². The second-order valence-corrected chi connectivity index (χ2v) is 8.50. The van der Waals surface area contributed by atoms with E-state index in [4.69, 9.17) is 9.47 Å². The number of benzene rings is 2.